The predicted octanol–water partition coefficient (Wildman–Crippen LogP) is 19.8. The van der Waals surface area contributed by atoms with E-state index in [0.29, 0.717) is 44.8 Å². The van der Waals surface area contributed by atoms with Crippen molar-refractivity contribution in [2.45, 2.75) is 311 Å². The molecule has 0 unspecified atom stereocenters. The minimum Gasteiger partial charge on any atom is -0.489 e. The van der Waals surface area contributed by atoms with E-state index in [1.54, 1.807) is 0 Å². The third kappa shape index (κ3) is 36.9. The zero-order valence-electron chi connectivity index (χ0n) is 49.6. The van der Waals surface area contributed by atoms with E-state index in [4.69, 9.17) is 34.9 Å². The Morgan fingerprint density at radius 3 is 1.07 bits per heavy atom. The Hall–Kier alpha value is -3.01. The first-order valence-corrected chi connectivity index (χ1v) is 32.4. The predicted molar refractivity (Wildman–Crippen MR) is 323 cm³/mol. The first-order chi connectivity index (χ1) is 36.6. The molecule has 0 amide bonds. The molecule has 2 rings (SSSR count). The number of rotatable bonds is 57. The SMILES string of the molecule is CCCCCCCCCCCCOc1cc(Nc2nc(NCCCN)nc(N(CCCCCCCC)CCCCCCCC)n2)cc(OCCCCCCCCCCCC)c1OCCCCCCCCCCCC. The Kier molecular flexibility index (Phi) is 46.1. The van der Waals surface area contributed by atoms with Gasteiger partial charge in [-0.3, -0.25) is 0 Å². The molecular formula is C64H121N7O3. The number of nitrogens with zero attached hydrogens (tertiary/aromatic N) is 4. The summed E-state index contributed by atoms with van der Waals surface area (Å²) in [5.41, 5.74) is 6.78. The first-order valence-electron chi connectivity index (χ1n) is 32.4. The Morgan fingerprint density at radius 2 is 0.703 bits per heavy atom. The summed E-state index contributed by atoms with van der Waals surface area (Å²) in [5.74, 6) is 4.02. The van der Waals surface area contributed by atoms with Crippen LogP contribution in [0, 0.1) is 0 Å². The van der Waals surface area contributed by atoms with Crippen LogP contribution in [0.5, 0.6) is 17.2 Å². The van der Waals surface area contributed by atoms with Crippen LogP contribution in [0.3, 0.4) is 0 Å². The maximum Gasteiger partial charge on any atom is 0.233 e. The summed E-state index contributed by atoms with van der Waals surface area (Å²) in [4.78, 5) is 17.6. The minimum atomic E-state index is 0.515. The fraction of sp³-hybridized carbons (Fsp3) is 0.859. The molecule has 1 aromatic carbocycles. The van der Waals surface area contributed by atoms with Crippen molar-refractivity contribution < 1.29 is 14.2 Å². The zero-order valence-corrected chi connectivity index (χ0v) is 49.6. The number of hydrogen-bond donors (Lipinski definition) is 3. The van der Waals surface area contributed by atoms with Gasteiger partial charge in [0.05, 0.1) is 19.8 Å². The van der Waals surface area contributed by atoms with Crippen molar-refractivity contribution in [1.29, 1.82) is 0 Å². The highest BCUT2D eigenvalue weighted by atomic mass is 16.5. The number of aromatic nitrogens is 3. The molecule has 1 aromatic heterocycles. The summed E-state index contributed by atoms with van der Waals surface area (Å²) >= 11 is 0. The van der Waals surface area contributed by atoms with Crippen molar-refractivity contribution in [3.63, 3.8) is 0 Å². The van der Waals surface area contributed by atoms with E-state index in [2.05, 4.69) is 62.3 Å². The Balaban J connectivity index is 2.42. The number of nitrogens with two attached hydrogens (primary N) is 1. The van der Waals surface area contributed by atoms with E-state index in [9.17, 15) is 0 Å². The van der Waals surface area contributed by atoms with Crippen molar-refractivity contribution >= 4 is 23.5 Å². The molecule has 0 atom stereocenters. The first kappa shape index (κ1) is 67.1. The molecule has 0 radical (unpaired) electrons. The maximum absolute atomic E-state index is 6.76. The van der Waals surface area contributed by atoms with Crippen LogP contribution >= 0.6 is 0 Å². The van der Waals surface area contributed by atoms with Gasteiger partial charge in [0.2, 0.25) is 23.6 Å². The van der Waals surface area contributed by atoms with Gasteiger partial charge >= 0.3 is 0 Å². The van der Waals surface area contributed by atoms with Gasteiger partial charge in [0.15, 0.2) is 11.5 Å². The van der Waals surface area contributed by atoms with E-state index >= 15 is 0 Å². The lowest BCUT2D eigenvalue weighted by molar-refractivity contribution is 0.234. The molecule has 2 aromatic rings. The van der Waals surface area contributed by atoms with Crippen LogP contribution in [-0.4, -0.2) is 61.0 Å². The third-order valence-electron chi connectivity index (χ3n) is 14.7. The third-order valence-corrected chi connectivity index (χ3v) is 14.7. The van der Waals surface area contributed by atoms with Gasteiger partial charge in [-0.1, -0.05) is 272 Å². The molecule has 0 aliphatic rings. The fourth-order valence-electron chi connectivity index (χ4n) is 9.86. The minimum absolute atomic E-state index is 0.515. The standard InChI is InChI=1S/C64H121N7O3/c1-6-11-16-21-26-29-32-35-40-45-53-72-59-56-58(57-60(73-54-46-41-36-33-30-27-22-17-12-7-2)61(59)74-55-47-42-37-34-31-28-23-18-13-8-3)67-63-68-62(66-50-48-49-65)69-64(70-63)71(51-43-38-24-19-14-9-4)52-44-39-25-20-15-10-5/h56-57H,6-55,65H2,1-5H3,(H2,66,67,68,69,70). The van der Waals surface area contributed by atoms with Gasteiger partial charge in [-0.25, -0.2) is 0 Å². The number of benzene rings is 1. The number of ether oxygens (including phenoxy) is 3. The van der Waals surface area contributed by atoms with Crippen LogP contribution in [-0.2, 0) is 0 Å². The average molecular weight is 1040 g/mol. The summed E-state index contributed by atoms with van der Waals surface area (Å²) < 4.78 is 20.3. The van der Waals surface area contributed by atoms with Crippen molar-refractivity contribution in [2.75, 3.05) is 61.5 Å². The molecular weight excluding hydrogens is 915 g/mol. The molecule has 74 heavy (non-hydrogen) atoms. The molecule has 4 N–H and O–H groups in total. The molecule has 1 heterocycles. The summed E-state index contributed by atoms with van der Waals surface area (Å²) in [6.07, 6.45) is 54.6. The highest BCUT2D eigenvalue weighted by molar-refractivity contribution is 5.66. The van der Waals surface area contributed by atoms with Crippen LogP contribution in [0.25, 0.3) is 0 Å². The van der Waals surface area contributed by atoms with E-state index < -0.39 is 0 Å². The number of anilines is 4. The van der Waals surface area contributed by atoms with Gasteiger partial charge < -0.3 is 35.5 Å². The lowest BCUT2D eigenvalue weighted by Crippen LogP contribution is -2.28. The lowest BCUT2D eigenvalue weighted by atomic mass is 10.1. The Labute approximate surface area is 458 Å². The monoisotopic (exact) mass is 1040 g/mol. The fourth-order valence-corrected chi connectivity index (χ4v) is 9.86. The Bertz CT molecular complexity index is 1450. The van der Waals surface area contributed by atoms with Gasteiger partial charge in [0, 0.05) is 37.5 Å². The Morgan fingerprint density at radius 1 is 0.378 bits per heavy atom. The normalized spacial score (nSPS) is 11.4. The maximum atomic E-state index is 6.76. The topological polar surface area (TPSA) is 120 Å². The van der Waals surface area contributed by atoms with Crippen molar-refractivity contribution in [3.05, 3.63) is 12.1 Å². The van der Waals surface area contributed by atoms with E-state index in [1.165, 1.54) is 238 Å². The molecule has 0 fully saturated rings. The second-order valence-electron chi connectivity index (χ2n) is 21.9. The number of unbranched alkanes of at least 4 members (excludes halogenated alkanes) is 37. The molecule has 0 bridgehead atoms. The molecule has 430 valence electrons. The second-order valence-corrected chi connectivity index (χ2v) is 21.9. The van der Waals surface area contributed by atoms with Crippen molar-refractivity contribution in [3.8, 4) is 17.2 Å². The molecule has 0 saturated carbocycles. The smallest absolute Gasteiger partial charge is 0.233 e. The summed E-state index contributed by atoms with van der Waals surface area (Å²) in [6.45, 7) is 16.6. The van der Waals surface area contributed by atoms with Gasteiger partial charge in [0.1, 0.15) is 0 Å². The highest BCUT2D eigenvalue weighted by Gasteiger charge is 2.19. The molecule has 10 heteroatoms. The molecule has 10 nitrogen and oxygen atoms in total. The van der Waals surface area contributed by atoms with Gasteiger partial charge in [-0.05, 0) is 45.1 Å². The second kappa shape index (κ2) is 50.8. The van der Waals surface area contributed by atoms with E-state index in [-0.39, 0.29) is 0 Å². The summed E-state index contributed by atoms with van der Waals surface area (Å²) in [6, 6.07) is 4.18. The van der Waals surface area contributed by atoms with E-state index in [0.717, 1.165) is 80.5 Å². The van der Waals surface area contributed by atoms with Gasteiger partial charge in [-0.2, -0.15) is 15.0 Å². The highest BCUT2D eigenvalue weighted by Crippen LogP contribution is 2.42. The van der Waals surface area contributed by atoms with Gasteiger partial charge in [-0.15, -0.1) is 0 Å². The van der Waals surface area contributed by atoms with Crippen molar-refractivity contribution in [2.24, 2.45) is 5.73 Å². The molecule has 0 aliphatic carbocycles. The van der Waals surface area contributed by atoms with Crippen LogP contribution in [0.4, 0.5) is 23.5 Å². The molecule has 0 spiro atoms. The number of nitrogens with one attached hydrogen (secondary N) is 2. The number of hydrogen-bond acceptors (Lipinski definition) is 10. The van der Waals surface area contributed by atoms with Crippen LogP contribution in [0.2, 0.25) is 0 Å². The van der Waals surface area contributed by atoms with Crippen molar-refractivity contribution in [1.82, 2.24) is 15.0 Å². The van der Waals surface area contributed by atoms with E-state index in [1.807, 2.05) is 0 Å². The quantitative estimate of drug-likeness (QED) is 0.0553. The lowest BCUT2D eigenvalue weighted by Gasteiger charge is -2.24. The van der Waals surface area contributed by atoms with Crippen LogP contribution < -0.4 is 35.5 Å². The zero-order chi connectivity index (χ0) is 53.0. The van der Waals surface area contributed by atoms with Crippen LogP contribution in [0.1, 0.15) is 311 Å². The van der Waals surface area contributed by atoms with Gasteiger partial charge in [0.25, 0.3) is 0 Å². The summed E-state index contributed by atoms with van der Waals surface area (Å²) in [7, 11) is 0. The molecule has 0 aliphatic heterocycles. The average Bonchev–Trinajstić information content (AvgIpc) is 3.40. The largest absolute Gasteiger partial charge is 0.489 e. The molecule has 0 saturated heterocycles. The summed E-state index contributed by atoms with van der Waals surface area (Å²) in [5, 5.41) is 7.13. The van der Waals surface area contributed by atoms with Crippen LogP contribution in [0.15, 0.2) is 12.1 Å².